The topological polar surface area (TPSA) is 38.5 Å². The van der Waals surface area contributed by atoms with Crippen molar-refractivity contribution in [3.8, 4) is 0 Å². The molecule has 0 aliphatic carbocycles. The van der Waals surface area contributed by atoms with Gasteiger partial charge in [0.25, 0.3) is 0 Å². The van der Waals surface area contributed by atoms with E-state index in [2.05, 4.69) is 11.8 Å². The van der Waals surface area contributed by atoms with Gasteiger partial charge in [-0.3, -0.25) is 4.90 Å². The molecule has 0 bridgehead atoms. The first-order chi connectivity index (χ1) is 6.38. The van der Waals surface area contributed by atoms with Crippen LogP contribution in [-0.4, -0.2) is 43.8 Å². The van der Waals surface area contributed by atoms with E-state index in [1.54, 1.807) is 0 Å². The highest BCUT2D eigenvalue weighted by molar-refractivity contribution is 4.74. The van der Waals surface area contributed by atoms with Gasteiger partial charge in [0.05, 0.1) is 13.2 Å². The molecule has 1 unspecified atom stereocenters. The molecular weight excluding hydrogens is 164 g/mol. The Labute approximate surface area is 81.2 Å². The van der Waals surface area contributed by atoms with E-state index >= 15 is 0 Å². The maximum Gasteiger partial charge on any atom is 0.0594 e. The minimum absolute atomic E-state index is 0.587. The number of nitrogens with two attached hydrogens (primary N) is 1. The summed E-state index contributed by atoms with van der Waals surface area (Å²) in [4.78, 5) is 2.47. The van der Waals surface area contributed by atoms with Crippen molar-refractivity contribution in [1.29, 1.82) is 0 Å². The van der Waals surface area contributed by atoms with E-state index in [0.717, 1.165) is 32.8 Å². The Morgan fingerprint density at radius 1 is 1.38 bits per heavy atom. The summed E-state index contributed by atoms with van der Waals surface area (Å²) in [5.74, 6) is 0. The Kier molecular flexibility index (Phi) is 5.35. The third-order valence-electron chi connectivity index (χ3n) is 2.73. The smallest absolute Gasteiger partial charge is 0.0594 e. The van der Waals surface area contributed by atoms with Gasteiger partial charge in [0.15, 0.2) is 0 Å². The van der Waals surface area contributed by atoms with Crippen molar-refractivity contribution in [2.75, 3.05) is 32.8 Å². The molecule has 0 saturated carbocycles. The molecule has 0 amide bonds. The van der Waals surface area contributed by atoms with E-state index in [9.17, 15) is 0 Å². The van der Waals surface area contributed by atoms with Crippen molar-refractivity contribution in [1.82, 2.24) is 4.90 Å². The first-order valence-corrected chi connectivity index (χ1v) is 5.40. The van der Waals surface area contributed by atoms with Crippen LogP contribution < -0.4 is 5.73 Å². The lowest BCUT2D eigenvalue weighted by molar-refractivity contribution is 0.0162. The van der Waals surface area contributed by atoms with Crippen LogP contribution in [-0.2, 0) is 4.74 Å². The average Bonchev–Trinajstić information content (AvgIpc) is 2.21. The molecule has 1 fully saturated rings. The molecule has 0 spiro atoms. The van der Waals surface area contributed by atoms with Crippen LogP contribution in [0.25, 0.3) is 0 Å². The van der Waals surface area contributed by atoms with Crippen molar-refractivity contribution in [2.45, 2.75) is 32.2 Å². The van der Waals surface area contributed by atoms with Gasteiger partial charge in [-0.2, -0.15) is 0 Å². The minimum atomic E-state index is 0.587. The molecule has 1 aliphatic rings. The van der Waals surface area contributed by atoms with Crippen LogP contribution in [0.2, 0.25) is 0 Å². The highest BCUT2D eigenvalue weighted by atomic mass is 16.5. The monoisotopic (exact) mass is 186 g/mol. The molecule has 1 heterocycles. The summed E-state index contributed by atoms with van der Waals surface area (Å²) in [6, 6.07) is 0.587. The average molecular weight is 186 g/mol. The Morgan fingerprint density at radius 2 is 2.08 bits per heavy atom. The van der Waals surface area contributed by atoms with E-state index in [-0.39, 0.29) is 0 Å². The zero-order valence-electron chi connectivity index (χ0n) is 8.67. The summed E-state index contributed by atoms with van der Waals surface area (Å²) < 4.78 is 5.32. The van der Waals surface area contributed by atoms with Crippen LogP contribution >= 0.6 is 0 Å². The number of rotatable bonds is 5. The molecule has 1 saturated heterocycles. The molecule has 13 heavy (non-hydrogen) atoms. The fraction of sp³-hybridized carbons (Fsp3) is 1.00. The molecule has 0 aromatic rings. The highest BCUT2D eigenvalue weighted by Gasteiger charge is 2.18. The molecular formula is C10H22N2O. The summed E-state index contributed by atoms with van der Waals surface area (Å²) >= 11 is 0. The molecule has 1 atom stereocenters. The van der Waals surface area contributed by atoms with Crippen LogP contribution in [0.1, 0.15) is 26.2 Å². The van der Waals surface area contributed by atoms with Crippen LogP contribution in [0.15, 0.2) is 0 Å². The van der Waals surface area contributed by atoms with Gasteiger partial charge in [-0.25, -0.2) is 0 Å². The summed E-state index contributed by atoms with van der Waals surface area (Å²) in [5, 5.41) is 0. The molecule has 2 N–H and O–H groups in total. The third-order valence-corrected chi connectivity index (χ3v) is 2.73. The Balaban J connectivity index is 2.26. The third kappa shape index (κ3) is 3.63. The lowest BCUT2D eigenvalue weighted by atomic mass is 10.1. The van der Waals surface area contributed by atoms with E-state index in [0.29, 0.717) is 6.04 Å². The van der Waals surface area contributed by atoms with Gasteiger partial charge in [-0.15, -0.1) is 0 Å². The summed E-state index contributed by atoms with van der Waals surface area (Å²) in [7, 11) is 0. The summed E-state index contributed by atoms with van der Waals surface area (Å²) in [6.45, 7) is 6.90. The second kappa shape index (κ2) is 6.35. The van der Waals surface area contributed by atoms with Crippen LogP contribution in [0, 0.1) is 0 Å². The van der Waals surface area contributed by atoms with Gasteiger partial charge in [-0.1, -0.05) is 19.8 Å². The van der Waals surface area contributed by atoms with Crippen molar-refractivity contribution >= 4 is 0 Å². The summed E-state index contributed by atoms with van der Waals surface area (Å²) in [5.41, 5.74) is 5.76. The fourth-order valence-corrected chi connectivity index (χ4v) is 1.83. The Morgan fingerprint density at radius 3 is 2.62 bits per heavy atom. The zero-order valence-corrected chi connectivity index (χ0v) is 8.67. The first-order valence-electron chi connectivity index (χ1n) is 5.40. The van der Waals surface area contributed by atoms with Crippen LogP contribution in [0.4, 0.5) is 0 Å². The van der Waals surface area contributed by atoms with E-state index in [1.165, 1.54) is 19.3 Å². The number of morpholine rings is 1. The molecule has 78 valence electrons. The van der Waals surface area contributed by atoms with Gasteiger partial charge in [0.2, 0.25) is 0 Å². The van der Waals surface area contributed by atoms with E-state index in [1.807, 2.05) is 0 Å². The minimum Gasteiger partial charge on any atom is -0.379 e. The van der Waals surface area contributed by atoms with Crippen molar-refractivity contribution in [3.05, 3.63) is 0 Å². The maximum atomic E-state index is 5.76. The molecule has 1 aliphatic heterocycles. The lowest BCUT2D eigenvalue weighted by Gasteiger charge is -2.33. The molecule has 0 aromatic heterocycles. The van der Waals surface area contributed by atoms with Crippen LogP contribution in [0.5, 0.6) is 0 Å². The largest absolute Gasteiger partial charge is 0.379 e. The second-order valence-electron chi connectivity index (χ2n) is 3.68. The van der Waals surface area contributed by atoms with Gasteiger partial charge < -0.3 is 10.5 Å². The number of ether oxygens (including phenoxy) is 1. The first kappa shape index (κ1) is 11.0. The van der Waals surface area contributed by atoms with Gasteiger partial charge in [0, 0.05) is 25.7 Å². The van der Waals surface area contributed by atoms with Gasteiger partial charge in [-0.05, 0) is 6.42 Å². The molecule has 3 heteroatoms. The molecule has 1 rings (SSSR count). The molecule has 0 radical (unpaired) electrons. The predicted octanol–water partition coefficient (Wildman–Crippen LogP) is 0.836. The van der Waals surface area contributed by atoms with Gasteiger partial charge in [0.1, 0.15) is 0 Å². The Bertz CT molecular complexity index is 124. The molecule has 0 aromatic carbocycles. The normalized spacial score (nSPS) is 21.7. The maximum absolute atomic E-state index is 5.76. The number of nitrogens with zero attached hydrogens (tertiary/aromatic N) is 1. The second-order valence-corrected chi connectivity index (χ2v) is 3.68. The highest BCUT2D eigenvalue weighted by Crippen LogP contribution is 2.09. The zero-order chi connectivity index (χ0) is 9.52. The van der Waals surface area contributed by atoms with E-state index in [4.69, 9.17) is 10.5 Å². The van der Waals surface area contributed by atoms with Crippen LogP contribution in [0.3, 0.4) is 0 Å². The van der Waals surface area contributed by atoms with Crippen molar-refractivity contribution in [2.24, 2.45) is 5.73 Å². The van der Waals surface area contributed by atoms with Crippen molar-refractivity contribution in [3.63, 3.8) is 0 Å². The predicted molar refractivity (Wildman–Crippen MR) is 54.8 cm³/mol. The number of hydrogen-bond donors (Lipinski definition) is 1. The fourth-order valence-electron chi connectivity index (χ4n) is 1.83. The van der Waals surface area contributed by atoms with Crippen molar-refractivity contribution < 1.29 is 4.74 Å². The number of unbranched alkanes of at least 4 members (excludes halogenated alkanes) is 1. The van der Waals surface area contributed by atoms with Gasteiger partial charge >= 0.3 is 0 Å². The SMILES string of the molecule is CCCCC(CN)N1CCOCC1. The molecule has 3 nitrogen and oxygen atoms in total. The quantitative estimate of drug-likeness (QED) is 0.691. The lowest BCUT2D eigenvalue weighted by Crippen LogP contribution is -2.46. The number of hydrogen-bond acceptors (Lipinski definition) is 3. The summed E-state index contributed by atoms with van der Waals surface area (Å²) in [6.07, 6.45) is 3.80. The Hall–Kier alpha value is -0.120. The standard InChI is InChI=1S/C10H22N2O/c1-2-3-4-10(9-11)12-5-7-13-8-6-12/h10H,2-9,11H2,1H3. The van der Waals surface area contributed by atoms with E-state index < -0.39 is 0 Å².